The van der Waals surface area contributed by atoms with Crippen molar-refractivity contribution in [2.75, 3.05) is 19.0 Å². The first-order valence-electron chi connectivity index (χ1n) is 7.17. The van der Waals surface area contributed by atoms with Crippen molar-refractivity contribution >= 4 is 22.4 Å². The molecule has 1 unspecified atom stereocenters. The van der Waals surface area contributed by atoms with Gasteiger partial charge in [-0.3, -0.25) is 0 Å². The van der Waals surface area contributed by atoms with E-state index in [-0.39, 0.29) is 6.04 Å². The second-order valence-electron chi connectivity index (χ2n) is 5.10. The van der Waals surface area contributed by atoms with Gasteiger partial charge < -0.3 is 15.2 Å². The molecule has 2 aromatic rings. The van der Waals surface area contributed by atoms with Gasteiger partial charge in [-0.05, 0) is 23.9 Å². The number of fused-ring (bicyclic) bond motifs is 1. The minimum Gasteiger partial charge on any atom is -0.478 e. The minimum atomic E-state index is -0.903. The normalized spacial score (nSPS) is 12.3. The topological polar surface area (TPSA) is 58.6 Å². The molecule has 1 atom stereocenters. The molecule has 4 nitrogen and oxygen atoms in total. The molecule has 21 heavy (non-hydrogen) atoms. The van der Waals surface area contributed by atoms with Gasteiger partial charge in [-0.15, -0.1) is 0 Å². The molecule has 2 N–H and O–H groups in total. The van der Waals surface area contributed by atoms with Crippen molar-refractivity contribution in [3.63, 3.8) is 0 Å². The van der Waals surface area contributed by atoms with E-state index in [1.54, 1.807) is 13.2 Å². The van der Waals surface area contributed by atoms with Crippen LogP contribution in [0.1, 0.15) is 30.1 Å². The highest BCUT2D eigenvalue weighted by atomic mass is 16.5. The second kappa shape index (κ2) is 7.09. The molecule has 0 heterocycles. The van der Waals surface area contributed by atoms with E-state index in [0.29, 0.717) is 12.2 Å². The number of hydrogen-bond donors (Lipinski definition) is 2. The van der Waals surface area contributed by atoms with E-state index < -0.39 is 5.97 Å². The minimum absolute atomic E-state index is 0.221. The van der Waals surface area contributed by atoms with Crippen molar-refractivity contribution in [3.05, 3.63) is 42.0 Å². The number of carboxylic acid groups (broad SMARTS) is 1. The van der Waals surface area contributed by atoms with Crippen LogP contribution in [0.4, 0.5) is 5.69 Å². The molecule has 112 valence electrons. The van der Waals surface area contributed by atoms with Crippen LogP contribution >= 0.6 is 0 Å². The van der Waals surface area contributed by atoms with Crippen LogP contribution in [0.2, 0.25) is 0 Å². The number of carboxylic acids is 1. The van der Waals surface area contributed by atoms with E-state index in [2.05, 4.69) is 12.2 Å². The predicted octanol–water partition coefficient (Wildman–Crippen LogP) is 3.77. The number of carbonyl (C=O) groups is 1. The van der Waals surface area contributed by atoms with Gasteiger partial charge in [-0.25, -0.2) is 4.79 Å². The summed E-state index contributed by atoms with van der Waals surface area (Å²) in [6, 6.07) is 11.3. The Morgan fingerprint density at radius 3 is 2.57 bits per heavy atom. The van der Waals surface area contributed by atoms with E-state index in [1.165, 1.54) is 0 Å². The van der Waals surface area contributed by atoms with E-state index in [0.717, 1.165) is 29.3 Å². The second-order valence-corrected chi connectivity index (χ2v) is 5.10. The first kappa shape index (κ1) is 15.3. The average Bonchev–Trinajstić information content (AvgIpc) is 2.47. The predicted molar refractivity (Wildman–Crippen MR) is 85.1 cm³/mol. The fourth-order valence-electron chi connectivity index (χ4n) is 2.58. The molecule has 0 radical (unpaired) electrons. The molecule has 0 aliphatic heterocycles. The molecule has 0 saturated carbocycles. The van der Waals surface area contributed by atoms with Crippen molar-refractivity contribution in [1.82, 2.24) is 0 Å². The summed E-state index contributed by atoms with van der Waals surface area (Å²) >= 11 is 0. The average molecular weight is 287 g/mol. The maximum atomic E-state index is 11.3. The number of ether oxygens (including phenoxy) is 1. The van der Waals surface area contributed by atoms with Crippen molar-refractivity contribution in [1.29, 1.82) is 0 Å². The maximum absolute atomic E-state index is 11.3. The summed E-state index contributed by atoms with van der Waals surface area (Å²) in [5, 5.41) is 14.4. The zero-order chi connectivity index (χ0) is 15.2. The number of nitrogens with one attached hydrogen (secondary N) is 1. The van der Waals surface area contributed by atoms with Crippen molar-refractivity contribution in [2.24, 2.45) is 0 Å². The maximum Gasteiger partial charge on any atom is 0.336 e. The lowest BCUT2D eigenvalue weighted by atomic mass is 10.0. The van der Waals surface area contributed by atoms with Gasteiger partial charge in [0.1, 0.15) is 0 Å². The molecule has 0 fully saturated rings. The van der Waals surface area contributed by atoms with Gasteiger partial charge in [0.05, 0.1) is 12.2 Å². The number of hydrogen-bond acceptors (Lipinski definition) is 3. The summed E-state index contributed by atoms with van der Waals surface area (Å²) in [5.41, 5.74) is 1.28. The lowest BCUT2D eigenvalue weighted by Gasteiger charge is -2.20. The monoisotopic (exact) mass is 287 g/mol. The fraction of sp³-hybridized carbons (Fsp3) is 0.353. The highest BCUT2D eigenvalue weighted by Crippen LogP contribution is 2.27. The summed E-state index contributed by atoms with van der Waals surface area (Å²) in [5.74, 6) is -0.903. The van der Waals surface area contributed by atoms with Gasteiger partial charge in [0.25, 0.3) is 0 Å². The first-order valence-corrected chi connectivity index (χ1v) is 7.17. The lowest BCUT2D eigenvalue weighted by Crippen LogP contribution is -2.24. The van der Waals surface area contributed by atoms with Crippen LogP contribution in [0.25, 0.3) is 10.8 Å². The summed E-state index contributed by atoms with van der Waals surface area (Å²) in [7, 11) is 1.69. The van der Waals surface area contributed by atoms with Crippen molar-refractivity contribution < 1.29 is 14.6 Å². The standard InChI is InChI=1S/C17H21NO3/c1-3-6-12(11-21-2)18-16-10-9-15(17(19)20)13-7-4-5-8-14(13)16/h4-5,7-10,12,18H,3,6,11H2,1-2H3,(H,19,20). The summed E-state index contributed by atoms with van der Waals surface area (Å²) in [4.78, 5) is 11.3. The molecule has 2 aromatic carbocycles. The SMILES string of the molecule is CCCC(COC)Nc1ccc(C(=O)O)c2ccccc12. The Morgan fingerprint density at radius 1 is 1.24 bits per heavy atom. The Kier molecular flexibility index (Phi) is 5.17. The van der Waals surface area contributed by atoms with Crippen LogP contribution in [0, 0.1) is 0 Å². The Balaban J connectivity index is 2.40. The van der Waals surface area contributed by atoms with Crippen LogP contribution in [-0.2, 0) is 4.74 Å². The van der Waals surface area contributed by atoms with Crippen LogP contribution in [0.3, 0.4) is 0 Å². The lowest BCUT2D eigenvalue weighted by molar-refractivity contribution is 0.0699. The zero-order valence-electron chi connectivity index (χ0n) is 12.4. The summed E-state index contributed by atoms with van der Waals surface area (Å²) in [6.45, 7) is 2.76. The zero-order valence-corrected chi connectivity index (χ0v) is 12.4. The highest BCUT2D eigenvalue weighted by Gasteiger charge is 2.13. The van der Waals surface area contributed by atoms with Gasteiger partial charge in [0, 0.05) is 24.2 Å². The van der Waals surface area contributed by atoms with Crippen LogP contribution < -0.4 is 5.32 Å². The molecular formula is C17H21NO3. The third kappa shape index (κ3) is 3.52. The molecule has 0 aliphatic rings. The molecule has 0 spiro atoms. The quantitative estimate of drug-likeness (QED) is 0.814. The third-order valence-electron chi connectivity index (χ3n) is 3.52. The number of anilines is 1. The summed E-state index contributed by atoms with van der Waals surface area (Å²) in [6.07, 6.45) is 2.06. The van der Waals surface area contributed by atoms with E-state index >= 15 is 0 Å². The van der Waals surface area contributed by atoms with Gasteiger partial charge in [0.15, 0.2) is 0 Å². The molecule has 0 saturated heterocycles. The Bertz CT molecular complexity index is 618. The first-order chi connectivity index (χ1) is 10.2. The molecule has 0 aliphatic carbocycles. The number of aromatic carboxylic acids is 1. The van der Waals surface area contributed by atoms with E-state index in [1.807, 2.05) is 30.3 Å². The molecule has 4 heteroatoms. The van der Waals surface area contributed by atoms with Gasteiger partial charge in [-0.2, -0.15) is 0 Å². The number of benzene rings is 2. The Morgan fingerprint density at radius 2 is 1.95 bits per heavy atom. The van der Waals surface area contributed by atoms with E-state index in [9.17, 15) is 9.90 Å². The van der Waals surface area contributed by atoms with Crippen molar-refractivity contribution in [3.8, 4) is 0 Å². The summed E-state index contributed by atoms with van der Waals surface area (Å²) < 4.78 is 5.25. The molecule has 0 bridgehead atoms. The Labute approximate surface area is 124 Å². The highest BCUT2D eigenvalue weighted by molar-refractivity contribution is 6.07. The molecule has 0 amide bonds. The van der Waals surface area contributed by atoms with Crippen LogP contribution in [-0.4, -0.2) is 30.8 Å². The molecular weight excluding hydrogens is 266 g/mol. The van der Waals surface area contributed by atoms with Gasteiger partial charge in [0.2, 0.25) is 0 Å². The fourth-order valence-corrected chi connectivity index (χ4v) is 2.58. The van der Waals surface area contributed by atoms with Crippen molar-refractivity contribution in [2.45, 2.75) is 25.8 Å². The van der Waals surface area contributed by atoms with E-state index in [4.69, 9.17) is 4.74 Å². The largest absolute Gasteiger partial charge is 0.478 e. The van der Waals surface area contributed by atoms with Crippen LogP contribution in [0.5, 0.6) is 0 Å². The van der Waals surface area contributed by atoms with Crippen LogP contribution in [0.15, 0.2) is 36.4 Å². The third-order valence-corrected chi connectivity index (χ3v) is 3.52. The number of rotatable bonds is 7. The van der Waals surface area contributed by atoms with Gasteiger partial charge in [-0.1, -0.05) is 37.6 Å². The van der Waals surface area contributed by atoms with Gasteiger partial charge >= 0.3 is 5.97 Å². The smallest absolute Gasteiger partial charge is 0.336 e. The Hall–Kier alpha value is -2.07. The molecule has 0 aromatic heterocycles. The molecule has 2 rings (SSSR count). The number of methoxy groups -OCH3 is 1.